The molecule has 1 aliphatic carbocycles. The van der Waals surface area contributed by atoms with Gasteiger partial charge < -0.3 is 14.0 Å². The molecule has 2 aliphatic rings. The molecule has 13 aromatic rings. The third kappa shape index (κ3) is 5.34. The molecule has 2 aromatic heterocycles. The summed E-state index contributed by atoms with van der Waals surface area (Å²) in [5.74, 6) is 0. The van der Waals surface area contributed by atoms with Crippen LogP contribution in [0, 0.1) is 0 Å². The lowest BCUT2D eigenvalue weighted by Gasteiger charge is -2.39. The van der Waals surface area contributed by atoms with Gasteiger partial charge in [0.15, 0.2) is 0 Å². The van der Waals surface area contributed by atoms with E-state index >= 15 is 0 Å². The Morgan fingerprint density at radius 3 is 1.73 bits per heavy atom. The average Bonchev–Trinajstić information content (AvgIpc) is 4.06. The van der Waals surface area contributed by atoms with Crippen LogP contribution in [0.15, 0.2) is 261 Å². The van der Waals surface area contributed by atoms with Crippen molar-refractivity contribution in [3.05, 3.63) is 283 Å². The first-order valence-corrected chi connectivity index (χ1v) is 24.3. The molecule has 3 heteroatoms. The van der Waals surface area contributed by atoms with Gasteiger partial charge in [0.25, 0.3) is 0 Å². The molecule has 1 atom stereocenters. The van der Waals surface area contributed by atoms with Gasteiger partial charge in [-0.05, 0) is 117 Å². The smallest absolute Gasteiger partial charge is 0.0754 e. The van der Waals surface area contributed by atoms with Gasteiger partial charge in [-0.3, -0.25) is 0 Å². The van der Waals surface area contributed by atoms with Crippen molar-refractivity contribution in [3.8, 4) is 44.8 Å². The summed E-state index contributed by atoms with van der Waals surface area (Å²) in [6.07, 6.45) is 0. The van der Waals surface area contributed by atoms with Gasteiger partial charge in [0, 0.05) is 44.2 Å². The quantitative estimate of drug-likeness (QED) is 0.162. The highest BCUT2D eigenvalue weighted by atomic mass is 15.1. The molecule has 326 valence electrons. The molecule has 70 heavy (non-hydrogen) atoms. The lowest BCUT2D eigenvalue weighted by molar-refractivity contribution is 0.749. The van der Waals surface area contributed by atoms with Crippen LogP contribution in [0.4, 0.5) is 17.1 Å². The summed E-state index contributed by atoms with van der Waals surface area (Å²) in [6, 6.07) is 96.6. The predicted octanol–water partition coefficient (Wildman–Crippen LogP) is 17.4. The van der Waals surface area contributed by atoms with Crippen LogP contribution in [0.25, 0.3) is 88.4 Å². The minimum absolute atomic E-state index is 0.521. The number of para-hydroxylation sites is 6. The number of anilines is 3. The van der Waals surface area contributed by atoms with E-state index in [1.165, 1.54) is 99.4 Å². The summed E-state index contributed by atoms with van der Waals surface area (Å²) in [6.45, 7) is 0. The zero-order chi connectivity index (χ0) is 45.9. The Labute approximate surface area is 406 Å². The molecular weight excluding hydrogens is 847 g/mol. The van der Waals surface area contributed by atoms with Gasteiger partial charge in [-0.2, -0.15) is 0 Å². The van der Waals surface area contributed by atoms with Gasteiger partial charge in [0.2, 0.25) is 0 Å². The van der Waals surface area contributed by atoms with E-state index in [0.29, 0.717) is 0 Å². The molecule has 1 unspecified atom stereocenters. The van der Waals surface area contributed by atoms with E-state index in [-0.39, 0.29) is 0 Å². The summed E-state index contributed by atoms with van der Waals surface area (Å²) in [7, 11) is 0. The number of fused-ring (bicyclic) bond motifs is 15. The van der Waals surface area contributed by atoms with Crippen molar-refractivity contribution in [1.29, 1.82) is 0 Å². The summed E-state index contributed by atoms with van der Waals surface area (Å²) in [5.41, 5.74) is 22.6. The summed E-state index contributed by atoms with van der Waals surface area (Å²) in [4.78, 5) is 2.40. The first-order valence-electron chi connectivity index (χ1n) is 24.3. The average molecular weight is 890 g/mol. The number of rotatable bonds is 6. The number of hydrogen-bond donors (Lipinski definition) is 0. The van der Waals surface area contributed by atoms with E-state index < -0.39 is 5.41 Å². The molecule has 0 radical (unpaired) electrons. The maximum atomic E-state index is 2.52. The second-order valence-corrected chi connectivity index (χ2v) is 18.8. The minimum atomic E-state index is -0.521. The number of aromatic nitrogens is 2. The van der Waals surface area contributed by atoms with Crippen molar-refractivity contribution < 1.29 is 0 Å². The van der Waals surface area contributed by atoms with Gasteiger partial charge in [-0.15, -0.1) is 0 Å². The van der Waals surface area contributed by atoms with E-state index in [2.05, 4.69) is 275 Å². The van der Waals surface area contributed by atoms with Crippen molar-refractivity contribution in [2.24, 2.45) is 0 Å². The fourth-order valence-corrected chi connectivity index (χ4v) is 12.5. The third-order valence-electron chi connectivity index (χ3n) is 15.3. The molecule has 3 nitrogen and oxygen atoms in total. The Bertz CT molecular complexity index is 4250. The second-order valence-electron chi connectivity index (χ2n) is 18.8. The molecule has 1 spiro atoms. The molecule has 0 saturated carbocycles. The first kappa shape index (κ1) is 38.9. The Morgan fingerprint density at radius 2 is 0.886 bits per heavy atom. The van der Waals surface area contributed by atoms with Crippen molar-refractivity contribution >= 4 is 60.7 Å². The standard InChI is InChI=1S/C67H43N3/c1-3-19-44(20-4-1)50-25-8-13-33-61(50)68(47-22-5-2-6-23-47)49-38-40-55-53-27-9-14-34-62(53)69(65(55)43-49)48-24-17-21-45(41-48)46-37-39-52-51-26-7-11-30-57(51)67(60(52)42-46)58-31-12-16-36-64(58)70-63-35-15-10-28-54(63)56-29-18-32-59(67)66(56)70/h1-43H. The number of benzene rings is 11. The van der Waals surface area contributed by atoms with Crippen LogP contribution >= 0.6 is 0 Å². The minimum Gasteiger partial charge on any atom is -0.310 e. The Morgan fingerprint density at radius 1 is 0.300 bits per heavy atom. The van der Waals surface area contributed by atoms with E-state index in [1.54, 1.807) is 0 Å². The maximum Gasteiger partial charge on any atom is 0.0754 e. The lowest BCUT2D eigenvalue weighted by Crippen LogP contribution is -2.33. The molecule has 0 N–H and O–H groups in total. The summed E-state index contributed by atoms with van der Waals surface area (Å²) < 4.78 is 4.98. The largest absolute Gasteiger partial charge is 0.310 e. The van der Waals surface area contributed by atoms with Crippen molar-refractivity contribution in [2.75, 3.05) is 4.90 Å². The van der Waals surface area contributed by atoms with Gasteiger partial charge in [0.1, 0.15) is 0 Å². The molecule has 0 fully saturated rings. The van der Waals surface area contributed by atoms with Crippen LogP contribution in [0.1, 0.15) is 22.3 Å². The molecule has 15 rings (SSSR count). The topological polar surface area (TPSA) is 13.1 Å². The lowest BCUT2D eigenvalue weighted by atomic mass is 9.65. The summed E-state index contributed by atoms with van der Waals surface area (Å²) >= 11 is 0. The maximum absolute atomic E-state index is 2.52. The van der Waals surface area contributed by atoms with Crippen LogP contribution in [0.5, 0.6) is 0 Å². The molecule has 0 saturated heterocycles. The van der Waals surface area contributed by atoms with Crippen molar-refractivity contribution in [2.45, 2.75) is 5.41 Å². The van der Waals surface area contributed by atoms with Crippen LogP contribution in [-0.4, -0.2) is 9.13 Å². The Kier molecular flexibility index (Phi) is 8.28. The van der Waals surface area contributed by atoms with Crippen LogP contribution in [0.3, 0.4) is 0 Å². The molecule has 0 bridgehead atoms. The van der Waals surface area contributed by atoms with Gasteiger partial charge in [-0.1, -0.05) is 194 Å². The Balaban J connectivity index is 0.932. The van der Waals surface area contributed by atoms with E-state index in [4.69, 9.17) is 0 Å². The highest BCUT2D eigenvalue weighted by Gasteiger charge is 2.50. The van der Waals surface area contributed by atoms with Gasteiger partial charge in [0.05, 0.1) is 38.9 Å². The third-order valence-corrected chi connectivity index (χ3v) is 15.3. The van der Waals surface area contributed by atoms with Crippen LogP contribution < -0.4 is 4.90 Å². The molecular formula is C67H43N3. The first-order chi connectivity index (χ1) is 34.8. The molecule has 11 aromatic carbocycles. The van der Waals surface area contributed by atoms with Crippen LogP contribution in [-0.2, 0) is 5.41 Å². The van der Waals surface area contributed by atoms with E-state index in [0.717, 1.165) is 28.3 Å². The van der Waals surface area contributed by atoms with E-state index in [9.17, 15) is 0 Å². The Hall–Kier alpha value is -9.18. The molecule has 0 amide bonds. The fourth-order valence-electron chi connectivity index (χ4n) is 12.5. The molecule has 1 aliphatic heterocycles. The van der Waals surface area contributed by atoms with Gasteiger partial charge >= 0.3 is 0 Å². The number of hydrogen-bond acceptors (Lipinski definition) is 1. The second kappa shape index (κ2) is 14.9. The van der Waals surface area contributed by atoms with Crippen molar-refractivity contribution in [1.82, 2.24) is 9.13 Å². The summed E-state index contributed by atoms with van der Waals surface area (Å²) in [5, 5.41) is 5.02. The van der Waals surface area contributed by atoms with E-state index in [1.807, 2.05) is 0 Å². The highest BCUT2D eigenvalue weighted by Crippen LogP contribution is 2.61. The predicted molar refractivity (Wildman–Crippen MR) is 292 cm³/mol. The highest BCUT2D eigenvalue weighted by molar-refractivity contribution is 6.13. The fraction of sp³-hybridized carbons (Fsp3) is 0.0149. The van der Waals surface area contributed by atoms with Gasteiger partial charge in [-0.25, -0.2) is 0 Å². The zero-order valence-electron chi connectivity index (χ0n) is 38.2. The normalized spacial score (nSPS) is 14.3. The zero-order valence-corrected chi connectivity index (χ0v) is 38.2. The molecule has 3 heterocycles. The monoisotopic (exact) mass is 889 g/mol. The van der Waals surface area contributed by atoms with Crippen LogP contribution in [0.2, 0.25) is 0 Å². The number of nitrogens with zero attached hydrogens (tertiary/aromatic N) is 3. The SMILES string of the molecule is c1ccc(-c2ccccc2N(c2ccccc2)c2ccc3c4ccccc4n(-c4cccc(-c5ccc6c(c5)C5(c7ccccc7-6)c6ccccc6-n6c7ccccc7c7cccc5c76)c4)c3c2)cc1. The van der Waals surface area contributed by atoms with Crippen molar-refractivity contribution in [3.63, 3.8) is 0 Å².